The molecule has 3 nitrogen and oxygen atoms in total. The molecule has 0 aliphatic carbocycles. The molecule has 0 saturated heterocycles. The molecule has 0 radical (unpaired) electrons. The zero-order valence-corrected chi connectivity index (χ0v) is 10.2. The second-order valence-corrected chi connectivity index (χ2v) is 4.74. The van der Waals surface area contributed by atoms with Crippen LogP contribution in [0, 0.1) is 0 Å². The van der Waals surface area contributed by atoms with Crippen LogP contribution < -0.4 is 5.32 Å². The maximum absolute atomic E-state index is 11.2. The minimum atomic E-state index is -0.823. The molecule has 0 fully saturated rings. The van der Waals surface area contributed by atoms with Gasteiger partial charge in [-0.1, -0.05) is 0 Å². The van der Waals surface area contributed by atoms with Crippen molar-refractivity contribution < 1.29 is 9.90 Å². The lowest BCUT2D eigenvalue weighted by Crippen LogP contribution is -2.42. The third-order valence-corrected chi connectivity index (χ3v) is 2.84. The molecule has 0 bridgehead atoms. The second kappa shape index (κ2) is 7.37. The lowest BCUT2D eigenvalue weighted by atomic mass is 10.1. The maximum atomic E-state index is 11.2. The van der Waals surface area contributed by atoms with E-state index in [-0.39, 0.29) is 5.91 Å². The first-order valence-electron chi connectivity index (χ1n) is 4.56. The van der Waals surface area contributed by atoms with Gasteiger partial charge in [-0.2, -0.15) is 11.8 Å². The highest BCUT2D eigenvalue weighted by molar-refractivity contribution is 7.98. The van der Waals surface area contributed by atoms with Crippen LogP contribution in [0.1, 0.15) is 19.8 Å². The van der Waals surface area contributed by atoms with Crippen LogP contribution in [0.2, 0.25) is 0 Å². The summed E-state index contributed by atoms with van der Waals surface area (Å²) >= 11 is 7.01. The number of nitrogens with one attached hydrogen (secondary N) is 1. The van der Waals surface area contributed by atoms with E-state index in [1.165, 1.54) is 0 Å². The molecule has 5 heteroatoms. The van der Waals surface area contributed by atoms with Gasteiger partial charge >= 0.3 is 0 Å². The first kappa shape index (κ1) is 14.1. The monoisotopic (exact) mass is 239 g/mol. The van der Waals surface area contributed by atoms with E-state index >= 15 is 0 Å². The van der Waals surface area contributed by atoms with Crippen LogP contribution in [0.15, 0.2) is 0 Å². The van der Waals surface area contributed by atoms with Crippen LogP contribution in [0.5, 0.6) is 0 Å². The summed E-state index contributed by atoms with van der Waals surface area (Å²) in [4.78, 5) is 11.2. The van der Waals surface area contributed by atoms with E-state index in [0.29, 0.717) is 31.0 Å². The number of thioether (sulfide) groups is 1. The van der Waals surface area contributed by atoms with Gasteiger partial charge in [0.15, 0.2) is 0 Å². The lowest BCUT2D eigenvalue weighted by Gasteiger charge is -2.22. The van der Waals surface area contributed by atoms with E-state index in [1.807, 2.05) is 6.26 Å². The second-order valence-electron chi connectivity index (χ2n) is 3.50. The average molecular weight is 240 g/mol. The molecule has 1 amide bonds. The van der Waals surface area contributed by atoms with Crippen molar-refractivity contribution in [2.75, 3.05) is 24.4 Å². The highest BCUT2D eigenvalue weighted by Gasteiger charge is 2.19. The maximum Gasteiger partial charge on any atom is 0.220 e. The highest BCUT2D eigenvalue weighted by atomic mass is 35.5. The molecule has 0 aromatic rings. The average Bonchev–Trinajstić information content (AvgIpc) is 2.11. The van der Waals surface area contributed by atoms with Gasteiger partial charge in [-0.3, -0.25) is 4.79 Å². The normalized spacial score (nSPS) is 14.9. The number of hydrogen-bond donors (Lipinski definition) is 2. The van der Waals surface area contributed by atoms with Gasteiger partial charge in [-0.25, -0.2) is 0 Å². The molecular weight excluding hydrogens is 222 g/mol. The van der Waals surface area contributed by atoms with Gasteiger partial charge in [0.1, 0.15) is 0 Å². The number of hydrogen-bond acceptors (Lipinski definition) is 3. The Kier molecular flexibility index (Phi) is 7.41. The Hall–Kier alpha value is 0.0700. The molecule has 0 aromatic carbocycles. The van der Waals surface area contributed by atoms with Gasteiger partial charge in [0.2, 0.25) is 5.91 Å². The van der Waals surface area contributed by atoms with E-state index < -0.39 is 5.60 Å². The molecule has 0 spiro atoms. The standard InChI is InChI=1S/C9H18ClNO2S/c1-9(13,7-14-2)6-11-8(12)4-3-5-10/h13H,3-7H2,1-2H3,(H,11,12). The van der Waals surface area contributed by atoms with Crippen molar-refractivity contribution in [2.45, 2.75) is 25.4 Å². The Balaban J connectivity index is 3.64. The van der Waals surface area contributed by atoms with Crippen molar-refractivity contribution in [1.82, 2.24) is 5.32 Å². The fraction of sp³-hybridized carbons (Fsp3) is 0.889. The van der Waals surface area contributed by atoms with Crippen LogP contribution in [0.4, 0.5) is 0 Å². The lowest BCUT2D eigenvalue weighted by molar-refractivity contribution is -0.122. The predicted octanol–water partition coefficient (Wildman–Crippen LogP) is 1.24. The summed E-state index contributed by atoms with van der Waals surface area (Å²) in [7, 11) is 0. The molecule has 0 rings (SSSR count). The minimum absolute atomic E-state index is 0.0490. The van der Waals surface area contributed by atoms with Crippen LogP contribution in [0.25, 0.3) is 0 Å². The van der Waals surface area contributed by atoms with E-state index in [1.54, 1.807) is 18.7 Å². The molecule has 0 aromatic heterocycles. The van der Waals surface area contributed by atoms with Gasteiger partial charge in [-0.05, 0) is 19.6 Å². The van der Waals surface area contributed by atoms with Crippen LogP contribution in [0.3, 0.4) is 0 Å². The van der Waals surface area contributed by atoms with Crippen molar-refractivity contribution in [2.24, 2.45) is 0 Å². The Morgan fingerprint density at radius 1 is 1.64 bits per heavy atom. The minimum Gasteiger partial charge on any atom is -0.387 e. The van der Waals surface area contributed by atoms with Crippen molar-refractivity contribution in [3.8, 4) is 0 Å². The summed E-state index contributed by atoms with van der Waals surface area (Å²) in [5.74, 6) is 1.06. The summed E-state index contributed by atoms with van der Waals surface area (Å²) in [6.07, 6.45) is 3.03. The van der Waals surface area contributed by atoms with Gasteiger partial charge in [0, 0.05) is 24.6 Å². The van der Waals surface area contributed by atoms with E-state index in [9.17, 15) is 9.90 Å². The summed E-state index contributed by atoms with van der Waals surface area (Å²) in [6, 6.07) is 0. The number of rotatable bonds is 7. The smallest absolute Gasteiger partial charge is 0.220 e. The van der Waals surface area contributed by atoms with E-state index in [0.717, 1.165) is 0 Å². The third-order valence-electron chi connectivity index (χ3n) is 1.66. The summed E-state index contributed by atoms with van der Waals surface area (Å²) < 4.78 is 0. The van der Waals surface area contributed by atoms with Crippen molar-refractivity contribution in [1.29, 1.82) is 0 Å². The SMILES string of the molecule is CSCC(C)(O)CNC(=O)CCCCl. The Bertz CT molecular complexity index is 176. The van der Waals surface area contributed by atoms with Gasteiger partial charge in [-0.15, -0.1) is 11.6 Å². The van der Waals surface area contributed by atoms with Crippen LogP contribution >= 0.6 is 23.4 Å². The fourth-order valence-corrected chi connectivity index (χ4v) is 1.82. The number of aliphatic hydroxyl groups is 1. The molecular formula is C9H18ClNO2S. The van der Waals surface area contributed by atoms with Gasteiger partial charge in [0.05, 0.1) is 5.60 Å². The summed E-state index contributed by atoms with van der Waals surface area (Å²) in [5.41, 5.74) is -0.823. The number of amides is 1. The molecule has 0 heterocycles. The number of alkyl halides is 1. The van der Waals surface area contributed by atoms with Crippen LogP contribution in [-0.2, 0) is 4.79 Å². The summed E-state index contributed by atoms with van der Waals surface area (Å²) in [5, 5.41) is 12.4. The van der Waals surface area contributed by atoms with Gasteiger partial charge in [0.25, 0.3) is 0 Å². The molecule has 2 N–H and O–H groups in total. The van der Waals surface area contributed by atoms with E-state index in [2.05, 4.69) is 5.32 Å². The summed E-state index contributed by atoms with van der Waals surface area (Å²) in [6.45, 7) is 2.01. The number of halogens is 1. The van der Waals surface area contributed by atoms with Crippen molar-refractivity contribution in [3.63, 3.8) is 0 Å². The molecule has 1 atom stereocenters. The zero-order valence-electron chi connectivity index (χ0n) is 8.68. The number of carbonyl (C=O) groups is 1. The molecule has 0 aliphatic heterocycles. The third kappa shape index (κ3) is 7.47. The first-order chi connectivity index (χ1) is 6.52. The predicted molar refractivity (Wildman–Crippen MR) is 62.0 cm³/mol. The molecule has 0 saturated carbocycles. The van der Waals surface area contributed by atoms with Crippen molar-refractivity contribution in [3.05, 3.63) is 0 Å². The molecule has 0 aliphatic rings. The molecule has 14 heavy (non-hydrogen) atoms. The largest absolute Gasteiger partial charge is 0.387 e. The molecule has 1 unspecified atom stereocenters. The molecule has 84 valence electrons. The van der Waals surface area contributed by atoms with E-state index in [4.69, 9.17) is 11.6 Å². The van der Waals surface area contributed by atoms with Gasteiger partial charge < -0.3 is 10.4 Å². The Labute approximate surface area is 94.6 Å². The number of carbonyl (C=O) groups excluding carboxylic acids is 1. The Morgan fingerprint density at radius 2 is 2.29 bits per heavy atom. The zero-order chi connectivity index (χ0) is 11.0. The topological polar surface area (TPSA) is 49.3 Å². The van der Waals surface area contributed by atoms with Crippen molar-refractivity contribution >= 4 is 29.3 Å². The quantitative estimate of drug-likeness (QED) is 0.658. The fourth-order valence-electron chi connectivity index (χ4n) is 0.967. The first-order valence-corrected chi connectivity index (χ1v) is 6.48. The Morgan fingerprint density at radius 3 is 2.79 bits per heavy atom. The van der Waals surface area contributed by atoms with Crippen LogP contribution in [-0.4, -0.2) is 41.0 Å². The highest BCUT2D eigenvalue weighted by Crippen LogP contribution is 2.09.